The Morgan fingerprint density at radius 1 is 1.67 bits per heavy atom. The van der Waals surface area contributed by atoms with E-state index in [0.29, 0.717) is 21.2 Å². The van der Waals surface area contributed by atoms with Crippen molar-refractivity contribution >= 4 is 0 Å². The van der Waals surface area contributed by atoms with Crippen LogP contribution >= 0.6 is 0 Å². The Balaban J connectivity index is 2.18. The van der Waals surface area contributed by atoms with Crippen molar-refractivity contribution in [3.8, 4) is 0 Å². The van der Waals surface area contributed by atoms with E-state index in [2.05, 4.69) is 6.92 Å². The van der Waals surface area contributed by atoms with Gasteiger partial charge in [-0.05, 0) is 0 Å². The van der Waals surface area contributed by atoms with E-state index in [4.69, 9.17) is 0 Å². The SMILES string of the molecule is C[C@H]1CCC[I-]1. The zero-order valence-corrected chi connectivity index (χ0v) is 6.23. The molecule has 0 aromatic heterocycles. The molecule has 1 saturated heterocycles. The summed E-state index contributed by atoms with van der Waals surface area (Å²) in [5.41, 5.74) is 0. The van der Waals surface area contributed by atoms with Crippen LogP contribution in [0.25, 0.3) is 0 Å². The molecule has 0 N–H and O–H groups in total. The van der Waals surface area contributed by atoms with Gasteiger partial charge in [0, 0.05) is 0 Å². The third-order valence-corrected chi connectivity index (χ3v) is 4.62. The van der Waals surface area contributed by atoms with E-state index in [1.807, 2.05) is 0 Å². The average molecular weight is 197 g/mol. The molecule has 0 unspecified atom stereocenters. The summed E-state index contributed by atoms with van der Waals surface area (Å²) in [5, 5.41) is 0. The molecule has 1 aliphatic heterocycles. The molecule has 1 heteroatoms. The predicted octanol–water partition coefficient (Wildman–Crippen LogP) is -1.74. The van der Waals surface area contributed by atoms with Crippen molar-refractivity contribution < 1.29 is 21.2 Å². The quantitative estimate of drug-likeness (QED) is 0.319. The van der Waals surface area contributed by atoms with Crippen LogP contribution in [-0.2, 0) is 0 Å². The number of hydrogen-bond acceptors (Lipinski definition) is 0. The molecular weight excluding hydrogens is 187 g/mol. The summed E-state index contributed by atoms with van der Waals surface area (Å²) in [6, 6.07) is 0. The molecule has 1 rings (SSSR count). The van der Waals surface area contributed by atoms with Crippen LogP contribution in [0.4, 0.5) is 0 Å². The number of halogens is 1. The molecule has 1 fully saturated rings. The Labute approximate surface area is 49.6 Å². The van der Waals surface area contributed by atoms with Crippen LogP contribution in [0, 0.1) is 0 Å². The molecule has 0 amide bonds. The summed E-state index contributed by atoms with van der Waals surface area (Å²) in [4.78, 5) is 0. The summed E-state index contributed by atoms with van der Waals surface area (Å²) in [5.74, 6) is 0. The molecule has 0 aromatic carbocycles. The zero-order chi connectivity index (χ0) is 4.41. The fourth-order valence-corrected chi connectivity index (χ4v) is 3.52. The zero-order valence-electron chi connectivity index (χ0n) is 4.08. The maximum atomic E-state index is 2.39. The van der Waals surface area contributed by atoms with Crippen LogP contribution in [0.1, 0.15) is 19.8 Å². The van der Waals surface area contributed by atoms with E-state index in [0.717, 1.165) is 3.92 Å². The Hall–Kier alpha value is 0.730. The van der Waals surface area contributed by atoms with Gasteiger partial charge >= 0.3 is 49.3 Å². The van der Waals surface area contributed by atoms with Crippen molar-refractivity contribution in [1.29, 1.82) is 0 Å². The van der Waals surface area contributed by atoms with Gasteiger partial charge in [0.05, 0.1) is 0 Å². The Morgan fingerprint density at radius 2 is 2.50 bits per heavy atom. The predicted molar refractivity (Wildman–Crippen MR) is 23.6 cm³/mol. The third kappa shape index (κ3) is 1.10. The van der Waals surface area contributed by atoms with Gasteiger partial charge in [0.15, 0.2) is 0 Å². The normalized spacial score (nSPS) is 35.8. The van der Waals surface area contributed by atoms with Gasteiger partial charge in [-0.15, -0.1) is 0 Å². The van der Waals surface area contributed by atoms with Gasteiger partial charge in [-0.25, -0.2) is 0 Å². The molecule has 0 saturated carbocycles. The number of alkyl halides is 2. The van der Waals surface area contributed by atoms with Crippen LogP contribution in [0.15, 0.2) is 0 Å². The monoisotopic (exact) mass is 197 g/mol. The summed E-state index contributed by atoms with van der Waals surface area (Å²) in [6.07, 6.45) is 3.07. The molecule has 38 valence electrons. The first-order chi connectivity index (χ1) is 2.89. The summed E-state index contributed by atoms with van der Waals surface area (Å²) in [7, 11) is 0. The van der Waals surface area contributed by atoms with Crippen LogP contribution in [0.5, 0.6) is 0 Å². The molecule has 6 heavy (non-hydrogen) atoms. The Kier molecular flexibility index (Phi) is 1.74. The van der Waals surface area contributed by atoms with Crippen molar-refractivity contribution in [1.82, 2.24) is 0 Å². The van der Waals surface area contributed by atoms with Crippen LogP contribution in [-0.4, -0.2) is 8.35 Å². The van der Waals surface area contributed by atoms with Gasteiger partial charge in [-0.3, -0.25) is 0 Å². The molecule has 0 aromatic rings. The molecule has 0 radical (unpaired) electrons. The van der Waals surface area contributed by atoms with Gasteiger partial charge < -0.3 is 0 Å². The molecule has 1 heterocycles. The minimum atomic E-state index is 0.679. The van der Waals surface area contributed by atoms with Gasteiger partial charge in [-0.1, -0.05) is 0 Å². The Bertz CT molecular complexity index is 37.2. The van der Waals surface area contributed by atoms with Crippen molar-refractivity contribution in [3.63, 3.8) is 0 Å². The molecule has 0 spiro atoms. The fourth-order valence-electron chi connectivity index (χ4n) is 0.699. The van der Waals surface area contributed by atoms with Crippen molar-refractivity contribution in [2.75, 3.05) is 4.43 Å². The number of hydrogen-bond donors (Lipinski definition) is 0. The second-order valence-corrected chi connectivity index (χ2v) is 5.85. The van der Waals surface area contributed by atoms with Gasteiger partial charge in [0.1, 0.15) is 0 Å². The van der Waals surface area contributed by atoms with Gasteiger partial charge in [0.2, 0.25) is 0 Å². The average Bonchev–Trinajstić information content (AvgIpc) is 1.86. The van der Waals surface area contributed by atoms with Crippen LogP contribution < -0.4 is 21.2 Å². The molecule has 0 nitrogen and oxygen atoms in total. The van der Waals surface area contributed by atoms with Crippen molar-refractivity contribution in [3.05, 3.63) is 0 Å². The van der Waals surface area contributed by atoms with E-state index in [-0.39, 0.29) is 0 Å². The van der Waals surface area contributed by atoms with Crippen molar-refractivity contribution in [2.45, 2.75) is 23.7 Å². The minimum absolute atomic E-state index is 0.679. The summed E-state index contributed by atoms with van der Waals surface area (Å²) < 4.78 is 2.75. The maximum absolute atomic E-state index is 2.39. The van der Waals surface area contributed by atoms with E-state index in [1.54, 1.807) is 4.43 Å². The second kappa shape index (κ2) is 2.15. The first kappa shape index (κ1) is 4.88. The standard InChI is InChI=1S/C5H10I/c1-5-3-2-4-6-5/h5H,2-4H2,1H3/q-1/t5-/m0/s1. The molecule has 1 aliphatic rings. The van der Waals surface area contributed by atoms with Crippen LogP contribution in [0.2, 0.25) is 0 Å². The Morgan fingerprint density at radius 3 is 2.67 bits per heavy atom. The van der Waals surface area contributed by atoms with Gasteiger partial charge in [-0.2, -0.15) is 0 Å². The second-order valence-electron chi connectivity index (χ2n) is 1.77. The topological polar surface area (TPSA) is 0 Å². The van der Waals surface area contributed by atoms with Crippen molar-refractivity contribution in [2.24, 2.45) is 0 Å². The molecule has 0 aliphatic carbocycles. The van der Waals surface area contributed by atoms with Crippen LogP contribution in [0.3, 0.4) is 0 Å². The van der Waals surface area contributed by atoms with Gasteiger partial charge in [0.25, 0.3) is 0 Å². The molecule has 0 bridgehead atoms. The number of rotatable bonds is 0. The third-order valence-electron chi connectivity index (χ3n) is 1.11. The van der Waals surface area contributed by atoms with E-state index >= 15 is 0 Å². The molecular formula is C5H10I-. The molecule has 1 atom stereocenters. The first-order valence-electron chi connectivity index (χ1n) is 2.47. The summed E-state index contributed by atoms with van der Waals surface area (Å²) in [6.45, 7) is 2.39. The van der Waals surface area contributed by atoms with E-state index < -0.39 is 0 Å². The first-order valence-corrected chi connectivity index (χ1v) is 5.24. The van der Waals surface area contributed by atoms with E-state index in [1.165, 1.54) is 12.8 Å². The van der Waals surface area contributed by atoms with E-state index in [9.17, 15) is 0 Å². The fraction of sp³-hybridized carbons (Fsp3) is 1.00. The summed E-state index contributed by atoms with van der Waals surface area (Å²) >= 11 is 0.679.